The summed E-state index contributed by atoms with van der Waals surface area (Å²) in [5.41, 5.74) is 2.56. The zero-order valence-corrected chi connectivity index (χ0v) is 7.69. The molecule has 0 bridgehead atoms. The highest BCUT2D eigenvalue weighted by Crippen LogP contribution is 2.08. The Morgan fingerprint density at radius 3 is 2.54 bits per heavy atom. The van der Waals surface area contributed by atoms with Crippen LogP contribution in [0.25, 0.3) is 0 Å². The zero-order chi connectivity index (χ0) is 9.26. The lowest BCUT2D eigenvalue weighted by molar-refractivity contribution is 0.408. The summed E-state index contributed by atoms with van der Waals surface area (Å²) >= 11 is 0. The Balaban J connectivity index is 2.19. The zero-order valence-electron chi connectivity index (χ0n) is 7.69. The monoisotopic (exact) mass is 177 g/mol. The fourth-order valence-corrected chi connectivity index (χ4v) is 1.26. The smallest absolute Gasteiger partial charge is 0.213 e. The minimum Gasteiger partial charge on any atom is -0.346 e. The third-order valence-corrected chi connectivity index (χ3v) is 2.07. The summed E-state index contributed by atoms with van der Waals surface area (Å²) in [4.78, 5) is 3.95. The molecule has 4 nitrogen and oxygen atoms in total. The second-order valence-corrected chi connectivity index (χ2v) is 3.14. The normalized spacial score (nSPS) is 10.6. The molecule has 2 aromatic heterocycles. The van der Waals surface area contributed by atoms with Gasteiger partial charge in [-0.05, 0) is 25.0 Å². The lowest BCUT2D eigenvalue weighted by Crippen LogP contribution is -1.97. The fraction of sp³-hybridized carbons (Fsp3) is 0.333. The highest BCUT2D eigenvalue weighted by molar-refractivity contribution is 5.20. The first-order valence-corrected chi connectivity index (χ1v) is 4.14. The van der Waals surface area contributed by atoms with Crippen molar-refractivity contribution in [2.24, 2.45) is 0 Å². The molecule has 0 radical (unpaired) electrons. The largest absolute Gasteiger partial charge is 0.346 e. The van der Waals surface area contributed by atoms with Gasteiger partial charge in [-0.3, -0.25) is 0 Å². The van der Waals surface area contributed by atoms with Gasteiger partial charge in [-0.15, -0.1) is 0 Å². The molecule has 0 saturated carbocycles. The van der Waals surface area contributed by atoms with Gasteiger partial charge in [-0.1, -0.05) is 5.16 Å². The summed E-state index contributed by atoms with van der Waals surface area (Å²) in [6, 6.07) is 0. The van der Waals surface area contributed by atoms with Crippen LogP contribution in [0.4, 0.5) is 0 Å². The Hall–Kier alpha value is -1.58. The van der Waals surface area contributed by atoms with Crippen LogP contribution in [0.3, 0.4) is 0 Å². The van der Waals surface area contributed by atoms with Crippen LogP contribution in [-0.4, -0.2) is 14.7 Å². The molecule has 2 aromatic rings. The Morgan fingerprint density at radius 2 is 2.00 bits per heavy atom. The third-order valence-electron chi connectivity index (χ3n) is 2.07. The van der Waals surface area contributed by atoms with Crippen molar-refractivity contribution in [3.63, 3.8) is 0 Å². The summed E-state index contributed by atoms with van der Waals surface area (Å²) in [6.07, 6.45) is 5.50. The maximum absolute atomic E-state index is 4.65. The van der Waals surface area contributed by atoms with Gasteiger partial charge in [0, 0.05) is 12.4 Å². The molecule has 0 atom stereocenters. The van der Waals surface area contributed by atoms with Gasteiger partial charge in [0.25, 0.3) is 0 Å². The molecule has 2 heterocycles. The molecular weight excluding hydrogens is 166 g/mol. The van der Waals surface area contributed by atoms with Crippen molar-refractivity contribution in [1.82, 2.24) is 14.7 Å². The quantitative estimate of drug-likeness (QED) is 0.698. The Labute approximate surface area is 76.2 Å². The molecule has 0 unspecified atom stereocenters. The van der Waals surface area contributed by atoms with E-state index >= 15 is 0 Å². The summed E-state index contributed by atoms with van der Waals surface area (Å²) in [7, 11) is 0. The minimum atomic E-state index is 0.672. The van der Waals surface area contributed by atoms with Crippen molar-refractivity contribution in [2.75, 3.05) is 0 Å². The second kappa shape index (κ2) is 3.05. The highest BCUT2D eigenvalue weighted by Gasteiger charge is 2.01. The van der Waals surface area contributed by atoms with Crippen molar-refractivity contribution in [2.45, 2.75) is 20.4 Å². The number of hydrogen-bond acceptors (Lipinski definition) is 3. The van der Waals surface area contributed by atoms with Gasteiger partial charge in [0.15, 0.2) is 5.82 Å². The molecule has 4 heteroatoms. The molecular formula is C9H11N3O. The van der Waals surface area contributed by atoms with E-state index in [4.69, 9.17) is 0 Å². The highest BCUT2D eigenvalue weighted by atomic mass is 16.5. The second-order valence-electron chi connectivity index (χ2n) is 3.14. The number of aromatic nitrogens is 3. The van der Waals surface area contributed by atoms with E-state index in [0.29, 0.717) is 12.4 Å². The summed E-state index contributed by atoms with van der Waals surface area (Å²) in [5, 5.41) is 3.74. The molecule has 68 valence electrons. The van der Waals surface area contributed by atoms with Crippen LogP contribution in [0, 0.1) is 13.8 Å². The number of aryl methyl sites for hydroxylation is 2. The van der Waals surface area contributed by atoms with Gasteiger partial charge in [0.1, 0.15) is 0 Å². The van der Waals surface area contributed by atoms with Crippen LogP contribution >= 0.6 is 0 Å². The van der Waals surface area contributed by atoms with E-state index in [1.54, 1.807) is 0 Å². The first kappa shape index (κ1) is 8.04. The van der Waals surface area contributed by atoms with Gasteiger partial charge >= 0.3 is 0 Å². The van der Waals surface area contributed by atoms with E-state index in [9.17, 15) is 0 Å². The molecule has 0 aromatic carbocycles. The SMILES string of the molecule is Cc1cn(Cc2ncon2)cc1C. The van der Waals surface area contributed by atoms with E-state index < -0.39 is 0 Å². The molecule has 0 aliphatic carbocycles. The minimum absolute atomic E-state index is 0.672. The average Bonchev–Trinajstić information content (AvgIpc) is 2.64. The van der Waals surface area contributed by atoms with E-state index in [2.05, 4.69) is 45.5 Å². The molecule has 0 aliphatic heterocycles. The maximum Gasteiger partial charge on any atom is 0.213 e. The fourth-order valence-electron chi connectivity index (χ4n) is 1.26. The van der Waals surface area contributed by atoms with E-state index in [-0.39, 0.29) is 0 Å². The Morgan fingerprint density at radius 1 is 1.31 bits per heavy atom. The predicted octanol–water partition coefficient (Wildman–Crippen LogP) is 1.54. The molecule has 0 N–H and O–H groups in total. The van der Waals surface area contributed by atoms with Crippen molar-refractivity contribution in [1.29, 1.82) is 0 Å². The molecule has 13 heavy (non-hydrogen) atoms. The molecule has 0 fully saturated rings. The molecule has 0 saturated heterocycles. The summed E-state index contributed by atoms with van der Waals surface area (Å²) < 4.78 is 6.70. The summed E-state index contributed by atoms with van der Waals surface area (Å²) in [5.74, 6) is 0.704. The van der Waals surface area contributed by atoms with Gasteiger partial charge in [0.05, 0.1) is 6.54 Å². The van der Waals surface area contributed by atoms with Gasteiger partial charge in [-0.25, -0.2) is 0 Å². The molecule has 0 aliphatic rings. The average molecular weight is 177 g/mol. The van der Waals surface area contributed by atoms with Crippen molar-refractivity contribution in [3.8, 4) is 0 Å². The van der Waals surface area contributed by atoms with Crippen molar-refractivity contribution < 1.29 is 4.52 Å². The Kier molecular flexibility index (Phi) is 1.88. The van der Waals surface area contributed by atoms with Crippen LogP contribution < -0.4 is 0 Å². The third kappa shape index (κ3) is 1.61. The van der Waals surface area contributed by atoms with Crippen LogP contribution in [0.2, 0.25) is 0 Å². The van der Waals surface area contributed by atoms with Crippen molar-refractivity contribution >= 4 is 0 Å². The van der Waals surface area contributed by atoms with Gasteiger partial charge < -0.3 is 9.09 Å². The molecule has 2 rings (SSSR count). The molecule has 0 spiro atoms. The maximum atomic E-state index is 4.65. The first-order chi connectivity index (χ1) is 6.25. The lowest BCUT2D eigenvalue weighted by Gasteiger charge is -1.95. The van der Waals surface area contributed by atoms with E-state index in [1.807, 2.05) is 0 Å². The van der Waals surface area contributed by atoms with Crippen LogP contribution in [-0.2, 0) is 6.54 Å². The van der Waals surface area contributed by atoms with Crippen LogP contribution in [0.15, 0.2) is 23.3 Å². The molecule has 0 amide bonds. The Bertz CT molecular complexity index is 369. The van der Waals surface area contributed by atoms with E-state index in [0.717, 1.165) is 0 Å². The summed E-state index contributed by atoms with van der Waals surface area (Å²) in [6.45, 7) is 4.84. The standard InChI is InChI=1S/C9H11N3O/c1-7-3-12(4-8(7)2)5-9-10-6-13-11-9/h3-4,6H,5H2,1-2H3. The van der Waals surface area contributed by atoms with Gasteiger partial charge in [-0.2, -0.15) is 4.98 Å². The topological polar surface area (TPSA) is 43.9 Å². The predicted molar refractivity (Wildman–Crippen MR) is 47.3 cm³/mol. The van der Waals surface area contributed by atoms with Crippen LogP contribution in [0.1, 0.15) is 17.0 Å². The number of nitrogens with zero attached hydrogens (tertiary/aromatic N) is 3. The number of hydrogen-bond donors (Lipinski definition) is 0. The lowest BCUT2D eigenvalue weighted by atomic mass is 10.2. The van der Waals surface area contributed by atoms with Crippen molar-refractivity contribution in [3.05, 3.63) is 35.7 Å². The number of rotatable bonds is 2. The van der Waals surface area contributed by atoms with Gasteiger partial charge in [0.2, 0.25) is 6.39 Å². The van der Waals surface area contributed by atoms with E-state index in [1.165, 1.54) is 17.5 Å². The first-order valence-electron chi connectivity index (χ1n) is 4.14. The van der Waals surface area contributed by atoms with Crippen LogP contribution in [0.5, 0.6) is 0 Å².